The van der Waals surface area contributed by atoms with Crippen LogP contribution in [0.1, 0.15) is 338 Å². The molecule has 3 N–H and O–H groups in total. The number of esters is 4. The van der Waals surface area contributed by atoms with Crippen molar-refractivity contribution in [1.82, 2.24) is 0 Å². The Morgan fingerprint density at radius 3 is 0.705 bits per heavy atom. The molecule has 19 heteroatoms. The minimum absolute atomic E-state index is 0.105. The first-order chi connectivity index (χ1) is 42.1. The summed E-state index contributed by atoms with van der Waals surface area (Å²) in [6.07, 6.45) is 40.4. The summed E-state index contributed by atoms with van der Waals surface area (Å²) < 4.78 is 68.2. The quantitative estimate of drug-likeness (QED) is 0.0222. The fourth-order valence-corrected chi connectivity index (χ4v) is 11.9. The molecule has 0 radical (unpaired) electrons. The lowest BCUT2D eigenvalue weighted by molar-refractivity contribution is -0.161. The van der Waals surface area contributed by atoms with E-state index < -0.39 is 97.5 Å². The van der Waals surface area contributed by atoms with E-state index >= 15 is 0 Å². The summed E-state index contributed by atoms with van der Waals surface area (Å²) in [7, 11) is -9.90. The zero-order chi connectivity index (χ0) is 65.4. The second-order valence-electron chi connectivity index (χ2n) is 26.8. The number of hydrogen-bond acceptors (Lipinski definition) is 15. The molecule has 0 aliphatic rings. The summed E-state index contributed by atoms with van der Waals surface area (Å²) in [5.74, 6) is 0.808. The molecular formula is C69H134O17P2. The molecule has 88 heavy (non-hydrogen) atoms. The van der Waals surface area contributed by atoms with Crippen molar-refractivity contribution < 1.29 is 80.2 Å². The largest absolute Gasteiger partial charge is 0.472 e. The van der Waals surface area contributed by atoms with Crippen LogP contribution in [-0.2, 0) is 65.4 Å². The standard InChI is InChI=1S/C69H134O17P2/c1-59(2)45-37-29-21-15-10-9-11-18-25-35-43-51-68(73)86-65(56-80-67(72)50-42-34-28-27-32-40-48-62(7)8)58-84-88(77,78)82-54-63(70)53-81-87(75,76)83-57-64(55-79-66(71)49-41-33-24-20-14-17-23-31-39-47-61(5)6)85-69(74)52-44-36-26-19-13-12-16-22-30-38-46-60(3)4/h59-65,70H,9-58H2,1-8H3,(H,75,76)(H,77,78)/t63-,64-,65-/m1/s1. The van der Waals surface area contributed by atoms with Crippen LogP contribution in [0.5, 0.6) is 0 Å². The summed E-state index contributed by atoms with van der Waals surface area (Å²) >= 11 is 0. The molecule has 5 atom stereocenters. The smallest absolute Gasteiger partial charge is 0.462 e. The number of carbonyl (C=O) groups is 4. The Hall–Kier alpha value is -1.94. The van der Waals surface area contributed by atoms with E-state index in [0.29, 0.717) is 31.6 Å². The monoisotopic (exact) mass is 1300 g/mol. The van der Waals surface area contributed by atoms with Crippen molar-refractivity contribution in [2.75, 3.05) is 39.6 Å². The molecular weight excluding hydrogens is 1160 g/mol. The van der Waals surface area contributed by atoms with Crippen molar-refractivity contribution in [1.29, 1.82) is 0 Å². The molecule has 522 valence electrons. The van der Waals surface area contributed by atoms with Gasteiger partial charge >= 0.3 is 39.5 Å². The van der Waals surface area contributed by atoms with Gasteiger partial charge in [0.2, 0.25) is 0 Å². The minimum Gasteiger partial charge on any atom is -0.462 e. The summed E-state index contributed by atoms with van der Waals surface area (Å²) in [6.45, 7) is 14.0. The lowest BCUT2D eigenvalue weighted by Gasteiger charge is -2.21. The molecule has 0 aliphatic heterocycles. The number of hydrogen-bond donors (Lipinski definition) is 3. The molecule has 17 nitrogen and oxygen atoms in total. The van der Waals surface area contributed by atoms with Gasteiger partial charge in [0.1, 0.15) is 19.3 Å². The van der Waals surface area contributed by atoms with E-state index in [-0.39, 0.29) is 25.7 Å². The van der Waals surface area contributed by atoms with Crippen molar-refractivity contribution in [2.24, 2.45) is 23.7 Å². The van der Waals surface area contributed by atoms with Crippen LogP contribution >= 0.6 is 15.6 Å². The summed E-state index contributed by atoms with van der Waals surface area (Å²) in [5, 5.41) is 10.6. The number of ether oxygens (including phenoxy) is 4. The zero-order valence-electron chi connectivity index (χ0n) is 57.3. The van der Waals surface area contributed by atoms with Crippen molar-refractivity contribution >= 4 is 39.5 Å². The molecule has 0 amide bonds. The van der Waals surface area contributed by atoms with E-state index in [4.69, 9.17) is 37.0 Å². The molecule has 0 saturated carbocycles. The fraction of sp³-hybridized carbons (Fsp3) is 0.942. The van der Waals surface area contributed by atoms with E-state index in [1.165, 1.54) is 135 Å². The number of aliphatic hydroxyl groups is 1. The van der Waals surface area contributed by atoms with Crippen LogP contribution < -0.4 is 0 Å². The van der Waals surface area contributed by atoms with Gasteiger partial charge in [-0.05, 0) is 49.4 Å². The predicted molar refractivity (Wildman–Crippen MR) is 354 cm³/mol. The highest BCUT2D eigenvalue weighted by atomic mass is 31.2. The Kier molecular flexibility index (Phi) is 57.6. The van der Waals surface area contributed by atoms with Gasteiger partial charge in [-0.25, -0.2) is 9.13 Å². The molecule has 0 aromatic rings. The third-order valence-corrected chi connectivity index (χ3v) is 17.7. The average Bonchev–Trinajstić information content (AvgIpc) is 3.56. The predicted octanol–water partition coefficient (Wildman–Crippen LogP) is 19.3. The summed E-state index contributed by atoms with van der Waals surface area (Å²) in [6, 6.07) is 0. The maximum absolute atomic E-state index is 13.0. The lowest BCUT2D eigenvalue weighted by Crippen LogP contribution is -2.30. The Labute approximate surface area is 537 Å². The highest BCUT2D eigenvalue weighted by molar-refractivity contribution is 7.47. The third kappa shape index (κ3) is 62.8. The lowest BCUT2D eigenvalue weighted by atomic mass is 10.0. The second-order valence-corrected chi connectivity index (χ2v) is 29.7. The molecule has 0 rings (SSSR count). The highest BCUT2D eigenvalue weighted by Gasteiger charge is 2.30. The van der Waals surface area contributed by atoms with E-state index in [9.17, 15) is 43.2 Å². The second kappa shape index (κ2) is 58.8. The molecule has 0 fully saturated rings. The minimum atomic E-state index is -4.95. The van der Waals surface area contributed by atoms with Crippen molar-refractivity contribution in [3.05, 3.63) is 0 Å². The molecule has 0 bridgehead atoms. The first-order valence-electron chi connectivity index (χ1n) is 35.7. The van der Waals surface area contributed by atoms with E-state index in [1.54, 1.807) is 0 Å². The molecule has 0 spiro atoms. The van der Waals surface area contributed by atoms with Gasteiger partial charge in [0.25, 0.3) is 0 Å². The van der Waals surface area contributed by atoms with Crippen LogP contribution in [0.25, 0.3) is 0 Å². The Balaban J connectivity index is 5.25. The first-order valence-corrected chi connectivity index (χ1v) is 38.7. The highest BCUT2D eigenvalue weighted by Crippen LogP contribution is 2.45. The van der Waals surface area contributed by atoms with Gasteiger partial charge in [-0.3, -0.25) is 37.3 Å². The van der Waals surface area contributed by atoms with Crippen LogP contribution in [-0.4, -0.2) is 96.7 Å². The van der Waals surface area contributed by atoms with Gasteiger partial charge in [0.15, 0.2) is 12.2 Å². The van der Waals surface area contributed by atoms with Gasteiger partial charge in [-0.2, -0.15) is 0 Å². The molecule has 0 aromatic carbocycles. The van der Waals surface area contributed by atoms with Crippen LogP contribution in [0.2, 0.25) is 0 Å². The maximum atomic E-state index is 13.0. The van der Waals surface area contributed by atoms with Crippen LogP contribution in [0.15, 0.2) is 0 Å². The van der Waals surface area contributed by atoms with E-state index in [0.717, 1.165) is 114 Å². The Bertz CT molecular complexity index is 1750. The van der Waals surface area contributed by atoms with E-state index in [2.05, 4.69) is 55.4 Å². The van der Waals surface area contributed by atoms with Gasteiger partial charge in [0.05, 0.1) is 26.4 Å². The number of rotatable bonds is 66. The van der Waals surface area contributed by atoms with E-state index in [1.807, 2.05) is 0 Å². The van der Waals surface area contributed by atoms with Crippen molar-refractivity contribution in [2.45, 2.75) is 356 Å². The molecule has 0 aromatic heterocycles. The number of phosphoric ester groups is 2. The molecule has 0 saturated heterocycles. The normalized spacial score (nSPS) is 14.3. The molecule has 0 heterocycles. The Morgan fingerprint density at radius 2 is 0.477 bits per heavy atom. The van der Waals surface area contributed by atoms with Crippen LogP contribution in [0, 0.1) is 23.7 Å². The maximum Gasteiger partial charge on any atom is 0.472 e. The summed E-state index contributed by atoms with van der Waals surface area (Å²) in [5.41, 5.74) is 0. The number of aliphatic hydroxyl groups excluding tert-OH is 1. The van der Waals surface area contributed by atoms with Crippen LogP contribution in [0.4, 0.5) is 0 Å². The SMILES string of the molecule is CC(C)CCCCCCCCCCCCCC(=O)O[C@H](COC(=O)CCCCCCCCC(C)C)COP(=O)(O)OC[C@H](O)COP(=O)(O)OC[C@@H](COC(=O)CCCCCCCCCCCC(C)C)OC(=O)CCCCCCCCCCCCC(C)C. The molecule has 2 unspecified atom stereocenters. The van der Waals surface area contributed by atoms with Crippen LogP contribution in [0.3, 0.4) is 0 Å². The molecule has 0 aliphatic carbocycles. The van der Waals surface area contributed by atoms with Gasteiger partial charge in [0, 0.05) is 25.7 Å². The van der Waals surface area contributed by atoms with Gasteiger partial charge in [-0.1, -0.05) is 287 Å². The number of carbonyl (C=O) groups excluding carboxylic acids is 4. The zero-order valence-corrected chi connectivity index (χ0v) is 59.1. The van der Waals surface area contributed by atoms with Crippen molar-refractivity contribution in [3.8, 4) is 0 Å². The summed E-state index contributed by atoms with van der Waals surface area (Å²) in [4.78, 5) is 72.5. The topological polar surface area (TPSA) is 237 Å². The fourth-order valence-electron chi connectivity index (χ4n) is 10.3. The Morgan fingerprint density at radius 1 is 0.284 bits per heavy atom. The number of phosphoric acid groups is 2. The van der Waals surface area contributed by atoms with Gasteiger partial charge in [-0.15, -0.1) is 0 Å². The number of unbranched alkanes of at least 4 members (excludes halogenated alkanes) is 32. The first kappa shape index (κ1) is 86.1. The third-order valence-electron chi connectivity index (χ3n) is 15.8. The van der Waals surface area contributed by atoms with Crippen molar-refractivity contribution in [3.63, 3.8) is 0 Å². The van der Waals surface area contributed by atoms with Gasteiger partial charge < -0.3 is 33.8 Å². The average molecular weight is 1300 g/mol.